The first-order chi connectivity index (χ1) is 11.2. The number of rotatable bonds is 9. The Bertz CT molecular complexity index is 626. The van der Waals surface area contributed by atoms with Crippen molar-refractivity contribution in [3.8, 4) is 0 Å². The maximum Gasteiger partial charge on any atom is 0.337 e. The van der Waals surface area contributed by atoms with Gasteiger partial charge in [-0.3, -0.25) is 4.68 Å². The lowest BCUT2D eigenvalue weighted by Gasteiger charge is -2.06. The van der Waals surface area contributed by atoms with Crippen molar-refractivity contribution >= 4 is 5.97 Å². The van der Waals surface area contributed by atoms with Crippen LogP contribution in [0.15, 0.2) is 30.5 Å². The highest BCUT2D eigenvalue weighted by Gasteiger charge is 2.05. The van der Waals surface area contributed by atoms with Gasteiger partial charge < -0.3 is 15.4 Å². The zero-order chi connectivity index (χ0) is 16.5. The van der Waals surface area contributed by atoms with Crippen LogP contribution in [0.1, 0.15) is 28.0 Å². The average molecular weight is 317 g/mol. The van der Waals surface area contributed by atoms with Gasteiger partial charge in [0, 0.05) is 25.8 Å². The van der Waals surface area contributed by atoms with Crippen molar-refractivity contribution < 1.29 is 9.53 Å². The highest BCUT2D eigenvalue weighted by molar-refractivity contribution is 5.89. The third-order valence-corrected chi connectivity index (χ3v) is 3.36. The molecular weight excluding hydrogens is 294 g/mol. The van der Waals surface area contributed by atoms with Gasteiger partial charge in [-0.25, -0.2) is 4.79 Å². The number of ether oxygens (including phenoxy) is 1. The van der Waals surface area contributed by atoms with E-state index in [1.54, 1.807) is 6.07 Å². The zero-order valence-corrected chi connectivity index (χ0v) is 13.6. The van der Waals surface area contributed by atoms with Crippen LogP contribution in [-0.4, -0.2) is 41.7 Å². The number of benzene rings is 1. The van der Waals surface area contributed by atoms with Gasteiger partial charge in [-0.2, -0.15) is 0 Å². The molecule has 23 heavy (non-hydrogen) atoms. The van der Waals surface area contributed by atoms with E-state index >= 15 is 0 Å². The lowest BCUT2D eigenvalue weighted by Crippen LogP contribution is -2.17. The number of nitrogens with one attached hydrogen (secondary N) is 2. The SMILES string of the molecule is CNCc1cn(CCCNCc2cccc(C(=O)OC)c2)nn1. The molecule has 0 aliphatic carbocycles. The van der Waals surface area contributed by atoms with Crippen LogP contribution in [0.4, 0.5) is 0 Å². The number of hydrogen-bond donors (Lipinski definition) is 2. The van der Waals surface area contributed by atoms with E-state index < -0.39 is 0 Å². The summed E-state index contributed by atoms with van der Waals surface area (Å²) in [7, 11) is 3.28. The van der Waals surface area contributed by atoms with Gasteiger partial charge in [0.1, 0.15) is 0 Å². The first-order valence-corrected chi connectivity index (χ1v) is 7.64. The minimum absolute atomic E-state index is 0.310. The van der Waals surface area contributed by atoms with Crippen LogP contribution < -0.4 is 10.6 Å². The van der Waals surface area contributed by atoms with Crippen LogP contribution in [0.2, 0.25) is 0 Å². The van der Waals surface area contributed by atoms with Gasteiger partial charge in [-0.1, -0.05) is 17.3 Å². The Morgan fingerprint density at radius 2 is 2.22 bits per heavy atom. The quantitative estimate of drug-likeness (QED) is 0.530. The number of aromatic nitrogens is 3. The molecule has 1 aromatic carbocycles. The van der Waals surface area contributed by atoms with Crippen molar-refractivity contribution in [2.45, 2.75) is 26.1 Å². The average Bonchev–Trinajstić information content (AvgIpc) is 3.02. The largest absolute Gasteiger partial charge is 0.465 e. The summed E-state index contributed by atoms with van der Waals surface area (Å²) in [4.78, 5) is 11.5. The first-order valence-electron chi connectivity index (χ1n) is 7.64. The molecule has 0 saturated heterocycles. The van der Waals surface area contributed by atoms with Gasteiger partial charge in [-0.15, -0.1) is 5.10 Å². The molecular formula is C16H23N5O2. The third kappa shape index (κ3) is 5.46. The lowest BCUT2D eigenvalue weighted by atomic mass is 10.1. The Kier molecular flexibility index (Phi) is 6.71. The van der Waals surface area contributed by atoms with E-state index in [0.717, 1.165) is 37.3 Å². The third-order valence-electron chi connectivity index (χ3n) is 3.36. The molecule has 0 unspecified atom stereocenters. The van der Waals surface area contributed by atoms with Gasteiger partial charge >= 0.3 is 5.97 Å². The molecule has 0 radical (unpaired) electrons. The fraction of sp³-hybridized carbons (Fsp3) is 0.438. The predicted octanol–water partition coefficient (Wildman–Crippen LogP) is 0.964. The van der Waals surface area contributed by atoms with E-state index in [9.17, 15) is 4.79 Å². The summed E-state index contributed by atoms with van der Waals surface area (Å²) in [5, 5.41) is 14.6. The van der Waals surface area contributed by atoms with Gasteiger partial charge in [0.15, 0.2) is 0 Å². The van der Waals surface area contributed by atoms with Crippen LogP contribution in [0.3, 0.4) is 0 Å². The molecule has 0 saturated carbocycles. The molecule has 1 heterocycles. The fourth-order valence-electron chi connectivity index (χ4n) is 2.23. The van der Waals surface area contributed by atoms with E-state index in [-0.39, 0.29) is 5.97 Å². The standard InChI is InChI=1S/C16H23N5O2/c1-17-11-15-12-21(20-19-15)8-4-7-18-10-13-5-3-6-14(9-13)16(22)23-2/h3,5-6,9,12,17-18H,4,7-8,10-11H2,1-2H3. The van der Waals surface area contributed by atoms with E-state index in [1.165, 1.54) is 7.11 Å². The number of carbonyl (C=O) groups is 1. The maximum absolute atomic E-state index is 11.5. The van der Waals surface area contributed by atoms with Crippen molar-refractivity contribution in [2.75, 3.05) is 20.7 Å². The second-order valence-electron chi connectivity index (χ2n) is 5.23. The Balaban J connectivity index is 1.69. The molecule has 2 N–H and O–H groups in total. The van der Waals surface area contributed by atoms with E-state index in [0.29, 0.717) is 12.1 Å². The number of esters is 1. The molecule has 2 rings (SSSR count). The molecule has 0 aliphatic heterocycles. The molecule has 0 atom stereocenters. The van der Waals surface area contributed by atoms with Crippen LogP contribution in [0.5, 0.6) is 0 Å². The number of aryl methyl sites for hydroxylation is 1. The fourth-order valence-corrected chi connectivity index (χ4v) is 2.23. The summed E-state index contributed by atoms with van der Waals surface area (Å²) >= 11 is 0. The van der Waals surface area contributed by atoms with E-state index in [4.69, 9.17) is 4.74 Å². The summed E-state index contributed by atoms with van der Waals surface area (Å²) in [6.45, 7) is 3.14. The summed E-state index contributed by atoms with van der Waals surface area (Å²) in [5.74, 6) is -0.310. The molecule has 0 bridgehead atoms. The minimum atomic E-state index is -0.310. The monoisotopic (exact) mass is 317 g/mol. The molecule has 0 spiro atoms. The Labute approximate surface area is 136 Å². The van der Waals surface area contributed by atoms with Crippen molar-refractivity contribution in [3.63, 3.8) is 0 Å². The molecule has 0 aliphatic rings. The summed E-state index contributed by atoms with van der Waals surface area (Å²) < 4.78 is 6.58. The minimum Gasteiger partial charge on any atom is -0.465 e. The van der Waals surface area contributed by atoms with Crippen molar-refractivity contribution in [2.24, 2.45) is 0 Å². The highest BCUT2D eigenvalue weighted by Crippen LogP contribution is 2.06. The van der Waals surface area contributed by atoms with Crippen molar-refractivity contribution in [1.29, 1.82) is 0 Å². The van der Waals surface area contributed by atoms with Gasteiger partial charge in [0.25, 0.3) is 0 Å². The van der Waals surface area contributed by atoms with Crippen LogP contribution in [-0.2, 0) is 24.4 Å². The highest BCUT2D eigenvalue weighted by atomic mass is 16.5. The van der Waals surface area contributed by atoms with E-state index in [2.05, 4.69) is 20.9 Å². The van der Waals surface area contributed by atoms with Gasteiger partial charge in [0.05, 0.1) is 18.4 Å². The summed E-state index contributed by atoms with van der Waals surface area (Å²) in [5.41, 5.74) is 2.58. The van der Waals surface area contributed by atoms with Crippen molar-refractivity contribution in [1.82, 2.24) is 25.6 Å². The molecule has 2 aromatic rings. The molecule has 7 heteroatoms. The second-order valence-corrected chi connectivity index (χ2v) is 5.23. The topological polar surface area (TPSA) is 81.1 Å². The van der Waals surface area contributed by atoms with Crippen molar-refractivity contribution in [3.05, 3.63) is 47.3 Å². The lowest BCUT2D eigenvalue weighted by molar-refractivity contribution is 0.0600. The van der Waals surface area contributed by atoms with Crippen LogP contribution >= 0.6 is 0 Å². The summed E-state index contributed by atoms with van der Waals surface area (Å²) in [6.07, 6.45) is 2.91. The molecule has 0 amide bonds. The second kappa shape index (κ2) is 9.02. The normalized spacial score (nSPS) is 10.7. The first kappa shape index (κ1) is 17.1. The number of methoxy groups -OCH3 is 1. The molecule has 1 aromatic heterocycles. The molecule has 0 fully saturated rings. The summed E-state index contributed by atoms with van der Waals surface area (Å²) in [6, 6.07) is 7.45. The Hall–Kier alpha value is -2.25. The van der Waals surface area contributed by atoms with Gasteiger partial charge in [0.2, 0.25) is 0 Å². The predicted molar refractivity (Wildman–Crippen MR) is 86.9 cm³/mol. The molecule has 7 nitrogen and oxygen atoms in total. The van der Waals surface area contributed by atoms with Crippen LogP contribution in [0.25, 0.3) is 0 Å². The smallest absolute Gasteiger partial charge is 0.337 e. The Morgan fingerprint density at radius 3 is 3.00 bits per heavy atom. The number of carbonyl (C=O) groups excluding carboxylic acids is 1. The maximum atomic E-state index is 11.5. The number of nitrogens with zero attached hydrogens (tertiary/aromatic N) is 3. The molecule has 124 valence electrons. The van der Waals surface area contributed by atoms with Gasteiger partial charge in [-0.05, 0) is 37.7 Å². The Morgan fingerprint density at radius 1 is 1.35 bits per heavy atom. The van der Waals surface area contributed by atoms with Crippen LogP contribution in [0, 0.1) is 0 Å². The zero-order valence-electron chi connectivity index (χ0n) is 13.6. The number of hydrogen-bond acceptors (Lipinski definition) is 6. The van der Waals surface area contributed by atoms with E-state index in [1.807, 2.05) is 36.1 Å².